The summed E-state index contributed by atoms with van der Waals surface area (Å²) in [5, 5.41) is 9.58. The molecular formula is C14H15N7OS. The molecule has 23 heavy (non-hydrogen) atoms. The average Bonchev–Trinajstić information content (AvgIpc) is 3.25. The van der Waals surface area contributed by atoms with E-state index < -0.39 is 0 Å². The third kappa shape index (κ3) is 4.39. The van der Waals surface area contributed by atoms with Gasteiger partial charge in [0.2, 0.25) is 5.91 Å². The summed E-state index contributed by atoms with van der Waals surface area (Å²) in [5.41, 5.74) is 1.56. The van der Waals surface area contributed by atoms with Crippen LogP contribution >= 0.6 is 11.3 Å². The second-order valence-corrected chi connectivity index (χ2v) is 5.63. The molecule has 0 fully saturated rings. The molecule has 0 aromatic carbocycles. The van der Waals surface area contributed by atoms with Gasteiger partial charge in [-0.15, -0.1) is 11.3 Å². The van der Waals surface area contributed by atoms with Crippen LogP contribution in [0, 0.1) is 0 Å². The maximum Gasteiger partial charge on any atom is 0.220 e. The molecule has 0 radical (unpaired) electrons. The van der Waals surface area contributed by atoms with Crippen LogP contribution < -0.4 is 5.32 Å². The fourth-order valence-corrected chi connectivity index (χ4v) is 2.72. The number of carbonyl (C=O) groups excluding carboxylic acids is 1. The Kier molecular flexibility index (Phi) is 4.99. The fourth-order valence-electron chi connectivity index (χ4n) is 1.94. The van der Waals surface area contributed by atoms with Gasteiger partial charge in [0.05, 0.1) is 18.4 Å². The molecule has 0 saturated carbocycles. The van der Waals surface area contributed by atoms with Crippen LogP contribution in [-0.2, 0) is 17.9 Å². The van der Waals surface area contributed by atoms with Gasteiger partial charge >= 0.3 is 0 Å². The van der Waals surface area contributed by atoms with Gasteiger partial charge in [0.25, 0.3) is 0 Å². The van der Waals surface area contributed by atoms with Crippen molar-refractivity contribution in [2.75, 3.05) is 0 Å². The molecule has 0 unspecified atom stereocenters. The van der Waals surface area contributed by atoms with E-state index in [0.717, 1.165) is 22.8 Å². The third-order valence-electron chi connectivity index (χ3n) is 3.06. The lowest BCUT2D eigenvalue weighted by molar-refractivity contribution is -0.121. The zero-order valence-electron chi connectivity index (χ0n) is 12.3. The molecule has 0 aliphatic carbocycles. The van der Waals surface area contributed by atoms with E-state index in [9.17, 15) is 4.79 Å². The lowest BCUT2D eigenvalue weighted by Gasteiger charge is -2.03. The van der Waals surface area contributed by atoms with Crippen molar-refractivity contribution in [3.63, 3.8) is 0 Å². The molecule has 118 valence electrons. The van der Waals surface area contributed by atoms with Gasteiger partial charge in [-0.25, -0.2) is 9.97 Å². The van der Waals surface area contributed by atoms with Crippen LogP contribution in [0.25, 0.3) is 10.7 Å². The van der Waals surface area contributed by atoms with Crippen LogP contribution in [0.1, 0.15) is 18.5 Å². The molecular weight excluding hydrogens is 314 g/mol. The SMILES string of the molecule is O=C(CCCn1cncn1)NCc1csc(-c2cnccn2)n1. The first kappa shape index (κ1) is 15.2. The van der Waals surface area contributed by atoms with Crippen molar-refractivity contribution >= 4 is 17.2 Å². The maximum absolute atomic E-state index is 11.8. The van der Waals surface area contributed by atoms with Crippen molar-refractivity contribution in [3.8, 4) is 10.7 Å². The van der Waals surface area contributed by atoms with Gasteiger partial charge in [0, 0.05) is 30.7 Å². The number of aromatic nitrogens is 6. The Hall–Kier alpha value is -2.68. The molecule has 0 aliphatic heterocycles. The Labute approximate surface area is 136 Å². The molecule has 3 rings (SSSR count). The van der Waals surface area contributed by atoms with E-state index >= 15 is 0 Å². The van der Waals surface area contributed by atoms with Crippen molar-refractivity contribution in [1.82, 2.24) is 35.0 Å². The van der Waals surface area contributed by atoms with Crippen LogP contribution in [0.4, 0.5) is 0 Å². The highest BCUT2D eigenvalue weighted by Gasteiger charge is 2.07. The van der Waals surface area contributed by atoms with E-state index in [1.54, 1.807) is 29.6 Å². The Morgan fingerprint density at radius 2 is 2.26 bits per heavy atom. The maximum atomic E-state index is 11.8. The first-order valence-electron chi connectivity index (χ1n) is 7.11. The van der Waals surface area contributed by atoms with Crippen molar-refractivity contribution in [3.05, 3.63) is 42.3 Å². The molecule has 0 saturated heterocycles. The molecule has 9 heteroatoms. The number of rotatable bonds is 7. The summed E-state index contributed by atoms with van der Waals surface area (Å²) < 4.78 is 1.71. The van der Waals surface area contributed by atoms with E-state index in [0.29, 0.717) is 19.5 Å². The lowest BCUT2D eigenvalue weighted by Crippen LogP contribution is -2.23. The highest BCUT2D eigenvalue weighted by Crippen LogP contribution is 2.20. The minimum Gasteiger partial charge on any atom is -0.350 e. The number of hydrogen-bond donors (Lipinski definition) is 1. The Morgan fingerprint density at radius 1 is 1.30 bits per heavy atom. The van der Waals surface area contributed by atoms with Crippen LogP contribution in [0.15, 0.2) is 36.6 Å². The van der Waals surface area contributed by atoms with Crippen LogP contribution in [0.2, 0.25) is 0 Å². The van der Waals surface area contributed by atoms with Gasteiger partial charge in [-0.2, -0.15) is 5.10 Å². The number of nitrogens with zero attached hydrogens (tertiary/aromatic N) is 6. The van der Waals surface area contributed by atoms with E-state index in [1.165, 1.54) is 17.7 Å². The second kappa shape index (κ2) is 7.54. The summed E-state index contributed by atoms with van der Waals surface area (Å²) in [5.74, 6) is -0.000770. The first-order valence-corrected chi connectivity index (χ1v) is 7.99. The van der Waals surface area contributed by atoms with E-state index in [1.807, 2.05) is 5.38 Å². The van der Waals surface area contributed by atoms with Gasteiger partial charge in [0.1, 0.15) is 23.4 Å². The van der Waals surface area contributed by atoms with Crippen LogP contribution in [-0.4, -0.2) is 35.6 Å². The smallest absolute Gasteiger partial charge is 0.220 e. The summed E-state index contributed by atoms with van der Waals surface area (Å²) in [6.45, 7) is 1.10. The zero-order valence-corrected chi connectivity index (χ0v) is 13.1. The zero-order chi connectivity index (χ0) is 15.9. The lowest BCUT2D eigenvalue weighted by atomic mass is 10.3. The molecule has 1 N–H and O–H groups in total. The first-order chi connectivity index (χ1) is 11.3. The van der Waals surface area contributed by atoms with Gasteiger partial charge in [0.15, 0.2) is 0 Å². The summed E-state index contributed by atoms with van der Waals surface area (Å²) in [7, 11) is 0. The highest BCUT2D eigenvalue weighted by molar-refractivity contribution is 7.13. The minimum atomic E-state index is -0.000770. The van der Waals surface area contributed by atoms with E-state index in [4.69, 9.17) is 0 Å². The quantitative estimate of drug-likeness (QED) is 0.701. The number of hydrogen-bond acceptors (Lipinski definition) is 7. The number of carbonyl (C=O) groups is 1. The van der Waals surface area contributed by atoms with Gasteiger partial charge in [-0.05, 0) is 6.42 Å². The topological polar surface area (TPSA) is 98.5 Å². The molecule has 3 heterocycles. The van der Waals surface area contributed by atoms with Crippen LogP contribution in [0.3, 0.4) is 0 Å². The fraction of sp³-hybridized carbons (Fsp3) is 0.286. The molecule has 8 nitrogen and oxygen atoms in total. The molecule has 0 spiro atoms. The summed E-state index contributed by atoms with van der Waals surface area (Å²) in [6.07, 6.45) is 9.21. The molecule has 0 bridgehead atoms. The van der Waals surface area contributed by atoms with Crippen LogP contribution in [0.5, 0.6) is 0 Å². The van der Waals surface area contributed by atoms with Crippen molar-refractivity contribution in [2.24, 2.45) is 0 Å². The summed E-state index contributed by atoms with van der Waals surface area (Å²) in [4.78, 5) is 28.4. The molecule has 0 atom stereocenters. The number of amides is 1. The molecule has 1 amide bonds. The predicted molar refractivity (Wildman–Crippen MR) is 84.2 cm³/mol. The normalized spacial score (nSPS) is 10.6. The largest absolute Gasteiger partial charge is 0.350 e. The predicted octanol–water partition coefficient (Wildman–Crippen LogP) is 1.29. The standard InChI is InChI=1S/C14H15N7OS/c22-13(2-1-5-21-10-16-9-19-21)18-6-11-8-23-14(20-11)12-7-15-3-4-17-12/h3-4,7-10H,1-2,5-6H2,(H,18,22). The minimum absolute atomic E-state index is 0.000770. The second-order valence-electron chi connectivity index (χ2n) is 4.77. The van der Waals surface area contributed by atoms with Crippen molar-refractivity contribution in [2.45, 2.75) is 25.9 Å². The summed E-state index contributed by atoms with van der Waals surface area (Å²) >= 11 is 1.49. The Morgan fingerprint density at radius 3 is 3.04 bits per heavy atom. The molecule has 0 aliphatic rings. The molecule has 3 aromatic rings. The third-order valence-corrected chi connectivity index (χ3v) is 3.97. The average molecular weight is 329 g/mol. The van der Waals surface area contributed by atoms with E-state index in [2.05, 4.69) is 30.4 Å². The highest BCUT2D eigenvalue weighted by atomic mass is 32.1. The molecule has 3 aromatic heterocycles. The van der Waals surface area contributed by atoms with Gasteiger partial charge in [-0.1, -0.05) is 0 Å². The Balaban J connectivity index is 1.43. The summed E-state index contributed by atoms with van der Waals surface area (Å²) in [6, 6.07) is 0. The number of thiazole rings is 1. The Bertz CT molecular complexity index is 742. The van der Waals surface area contributed by atoms with Crippen molar-refractivity contribution in [1.29, 1.82) is 0 Å². The number of aryl methyl sites for hydroxylation is 1. The van der Waals surface area contributed by atoms with Gasteiger partial charge < -0.3 is 5.32 Å². The number of nitrogens with one attached hydrogen (secondary N) is 1. The van der Waals surface area contributed by atoms with Crippen molar-refractivity contribution < 1.29 is 4.79 Å². The monoisotopic (exact) mass is 329 g/mol. The van der Waals surface area contributed by atoms with Gasteiger partial charge in [-0.3, -0.25) is 19.4 Å². The van der Waals surface area contributed by atoms with E-state index in [-0.39, 0.29) is 5.91 Å².